The van der Waals surface area contributed by atoms with Crippen molar-refractivity contribution in [3.63, 3.8) is 0 Å². The minimum Gasteiger partial charge on any atom is -0.509 e. The van der Waals surface area contributed by atoms with Crippen LogP contribution in [0.2, 0.25) is 0 Å². The lowest BCUT2D eigenvalue weighted by Crippen LogP contribution is -2.46. The van der Waals surface area contributed by atoms with Crippen LogP contribution in [0.1, 0.15) is 18.9 Å². The van der Waals surface area contributed by atoms with Gasteiger partial charge in [0.05, 0.1) is 0 Å². The number of aliphatic hydroxyl groups is 6. The SMILES string of the molecule is CC1=CCC(=C(O)[C@H](O)[C@@H](O)[C@H](O)[C@H](O)C(O)=Cc2ccccc2)C=C1. The zero-order valence-electron chi connectivity index (χ0n) is 14.4. The molecule has 140 valence electrons. The standard InChI is InChI=1S/C20H24O6/c1-12-7-9-14(10-8-12)16(22)18(24)20(26)19(25)17(23)15(21)11-13-5-3-2-4-6-13/h2-9,11,17-26H,10H2,1H3/t17-,18+,19-,20-/m1/s1. The Bertz CT molecular complexity index is 732. The summed E-state index contributed by atoms with van der Waals surface area (Å²) in [6.45, 7) is 1.89. The van der Waals surface area contributed by atoms with E-state index in [0.29, 0.717) is 17.6 Å². The molecule has 1 aliphatic carbocycles. The van der Waals surface area contributed by atoms with Gasteiger partial charge in [-0.25, -0.2) is 0 Å². The molecule has 1 aliphatic rings. The van der Waals surface area contributed by atoms with Crippen LogP contribution < -0.4 is 0 Å². The predicted molar refractivity (Wildman–Crippen MR) is 98.2 cm³/mol. The summed E-state index contributed by atoms with van der Waals surface area (Å²) in [5.74, 6) is -1.06. The van der Waals surface area contributed by atoms with Crippen molar-refractivity contribution in [2.75, 3.05) is 0 Å². The quantitative estimate of drug-likeness (QED) is 0.430. The van der Waals surface area contributed by atoms with E-state index < -0.39 is 35.9 Å². The van der Waals surface area contributed by atoms with Crippen molar-refractivity contribution in [1.82, 2.24) is 0 Å². The van der Waals surface area contributed by atoms with E-state index in [4.69, 9.17) is 0 Å². The van der Waals surface area contributed by atoms with Crippen molar-refractivity contribution >= 4 is 6.08 Å². The molecule has 0 fully saturated rings. The van der Waals surface area contributed by atoms with Crippen molar-refractivity contribution < 1.29 is 30.6 Å². The van der Waals surface area contributed by atoms with Crippen LogP contribution in [0.5, 0.6) is 0 Å². The highest BCUT2D eigenvalue weighted by molar-refractivity contribution is 5.51. The van der Waals surface area contributed by atoms with Crippen molar-refractivity contribution in [3.8, 4) is 0 Å². The normalized spacial score (nSPS) is 21.6. The molecule has 0 aliphatic heterocycles. The highest BCUT2D eigenvalue weighted by Crippen LogP contribution is 2.23. The molecule has 0 heterocycles. The van der Waals surface area contributed by atoms with E-state index >= 15 is 0 Å². The lowest BCUT2D eigenvalue weighted by molar-refractivity contribution is -0.100. The van der Waals surface area contributed by atoms with Crippen LogP contribution >= 0.6 is 0 Å². The summed E-state index contributed by atoms with van der Waals surface area (Å²) in [6.07, 6.45) is -0.647. The molecule has 0 amide bonds. The Hall–Kier alpha value is -2.38. The molecule has 26 heavy (non-hydrogen) atoms. The topological polar surface area (TPSA) is 121 Å². The van der Waals surface area contributed by atoms with Gasteiger partial charge >= 0.3 is 0 Å². The molecule has 0 spiro atoms. The summed E-state index contributed by atoms with van der Waals surface area (Å²) in [6, 6.07) is 8.62. The van der Waals surface area contributed by atoms with Gasteiger partial charge in [0, 0.05) is 0 Å². The van der Waals surface area contributed by atoms with Gasteiger partial charge in [0.2, 0.25) is 0 Å². The highest BCUT2D eigenvalue weighted by Gasteiger charge is 2.35. The van der Waals surface area contributed by atoms with Crippen LogP contribution in [0.15, 0.2) is 71.2 Å². The Labute approximate surface area is 152 Å². The maximum Gasteiger partial charge on any atom is 0.139 e. The number of hydrogen-bond donors (Lipinski definition) is 6. The van der Waals surface area contributed by atoms with Crippen LogP contribution in [0, 0.1) is 0 Å². The summed E-state index contributed by atoms with van der Waals surface area (Å²) in [5.41, 5.74) is 1.99. The van der Waals surface area contributed by atoms with Gasteiger partial charge in [0.1, 0.15) is 35.9 Å². The maximum atomic E-state index is 10.1. The van der Waals surface area contributed by atoms with E-state index in [9.17, 15) is 30.6 Å². The van der Waals surface area contributed by atoms with Gasteiger partial charge in [-0.2, -0.15) is 0 Å². The minimum absolute atomic E-state index is 0.371. The van der Waals surface area contributed by atoms with Gasteiger partial charge in [-0.15, -0.1) is 0 Å². The summed E-state index contributed by atoms with van der Waals surface area (Å²) < 4.78 is 0. The molecule has 6 heteroatoms. The Morgan fingerprint density at radius 2 is 1.54 bits per heavy atom. The lowest BCUT2D eigenvalue weighted by Gasteiger charge is -2.27. The van der Waals surface area contributed by atoms with Gasteiger partial charge < -0.3 is 30.6 Å². The Kier molecular flexibility index (Phi) is 6.76. The fraction of sp³-hybridized carbons (Fsp3) is 0.300. The van der Waals surface area contributed by atoms with Crippen LogP contribution in [-0.2, 0) is 0 Å². The van der Waals surface area contributed by atoms with Gasteiger partial charge in [-0.1, -0.05) is 54.1 Å². The third-order valence-corrected chi connectivity index (χ3v) is 4.21. The first kappa shape index (κ1) is 19.9. The predicted octanol–water partition coefficient (Wildman–Crippen LogP) is 1.75. The third kappa shape index (κ3) is 4.83. The molecule has 0 saturated carbocycles. The highest BCUT2D eigenvalue weighted by atomic mass is 16.4. The number of aliphatic hydroxyl groups excluding tert-OH is 6. The second-order valence-electron chi connectivity index (χ2n) is 6.25. The molecule has 1 aromatic carbocycles. The van der Waals surface area contributed by atoms with Gasteiger partial charge in [-0.3, -0.25) is 0 Å². The molecule has 0 bridgehead atoms. The average Bonchev–Trinajstić information content (AvgIpc) is 2.66. The summed E-state index contributed by atoms with van der Waals surface area (Å²) in [7, 11) is 0. The van der Waals surface area contributed by atoms with Gasteiger partial charge in [0.25, 0.3) is 0 Å². The number of allylic oxidation sites excluding steroid dienone is 5. The molecular formula is C20H24O6. The van der Waals surface area contributed by atoms with E-state index in [1.807, 2.05) is 13.0 Å². The Morgan fingerprint density at radius 1 is 0.923 bits per heavy atom. The molecule has 4 atom stereocenters. The molecule has 6 nitrogen and oxygen atoms in total. The van der Waals surface area contributed by atoms with Crippen molar-refractivity contribution in [3.05, 3.63) is 76.8 Å². The molecule has 1 aromatic rings. The molecule has 6 N–H and O–H groups in total. The van der Waals surface area contributed by atoms with Crippen LogP contribution in [0.25, 0.3) is 6.08 Å². The van der Waals surface area contributed by atoms with E-state index in [1.165, 1.54) is 6.08 Å². The van der Waals surface area contributed by atoms with E-state index in [1.54, 1.807) is 42.5 Å². The molecule has 0 aromatic heterocycles. The Morgan fingerprint density at radius 3 is 2.12 bits per heavy atom. The number of hydrogen-bond acceptors (Lipinski definition) is 6. The monoisotopic (exact) mass is 360 g/mol. The van der Waals surface area contributed by atoms with E-state index in [0.717, 1.165) is 5.57 Å². The first-order valence-electron chi connectivity index (χ1n) is 8.26. The summed E-state index contributed by atoms with van der Waals surface area (Å²) >= 11 is 0. The second-order valence-corrected chi connectivity index (χ2v) is 6.25. The third-order valence-electron chi connectivity index (χ3n) is 4.21. The Balaban J connectivity index is 2.10. The van der Waals surface area contributed by atoms with Crippen LogP contribution in [0.4, 0.5) is 0 Å². The summed E-state index contributed by atoms with van der Waals surface area (Å²) in [4.78, 5) is 0. The maximum absolute atomic E-state index is 10.1. The number of benzene rings is 1. The molecule has 0 unspecified atom stereocenters. The minimum atomic E-state index is -1.91. The smallest absolute Gasteiger partial charge is 0.139 e. The molecule has 2 rings (SSSR count). The lowest BCUT2D eigenvalue weighted by atomic mass is 9.95. The molecule has 0 radical (unpaired) electrons. The molecular weight excluding hydrogens is 336 g/mol. The van der Waals surface area contributed by atoms with Crippen molar-refractivity contribution in [1.29, 1.82) is 0 Å². The first-order chi connectivity index (χ1) is 12.3. The van der Waals surface area contributed by atoms with Gasteiger partial charge in [0.15, 0.2) is 0 Å². The molecule has 0 saturated heterocycles. The van der Waals surface area contributed by atoms with Crippen molar-refractivity contribution in [2.45, 2.75) is 37.8 Å². The fourth-order valence-corrected chi connectivity index (χ4v) is 2.53. The van der Waals surface area contributed by atoms with Crippen molar-refractivity contribution in [2.24, 2.45) is 0 Å². The fourth-order valence-electron chi connectivity index (χ4n) is 2.53. The van der Waals surface area contributed by atoms with Gasteiger partial charge in [-0.05, 0) is 30.6 Å². The zero-order valence-corrected chi connectivity index (χ0v) is 14.4. The first-order valence-corrected chi connectivity index (χ1v) is 8.26. The van der Waals surface area contributed by atoms with E-state index in [2.05, 4.69) is 0 Å². The van der Waals surface area contributed by atoms with E-state index in [-0.39, 0.29) is 0 Å². The number of rotatable bonds is 6. The average molecular weight is 360 g/mol. The zero-order chi connectivity index (χ0) is 19.3. The van der Waals surface area contributed by atoms with Crippen LogP contribution in [-0.4, -0.2) is 55.1 Å². The van der Waals surface area contributed by atoms with Crippen LogP contribution in [0.3, 0.4) is 0 Å². The largest absolute Gasteiger partial charge is 0.509 e. The second kappa shape index (κ2) is 8.82. The summed E-state index contributed by atoms with van der Waals surface area (Å²) in [5, 5.41) is 60.4.